The second kappa shape index (κ2) is 4.43. The first-order valence-electron chi connectivity index (χ1n) is 4.93. The zero-order valence-electron chi connectivity index (χ0n) is 8.90. The molecule has 14 heavy (non-hydrogen) atoms. The van der Waals surface area contributed by atoms with Gasteiger partial charge in [-0.2, -0.15) is 0 Å². The molecule has 0 aliphatic heterocycles. The van der Waals surface area contributed by atoms with Crippen LogP contribution in [0.4, 0.5) is 4.39 Å². The Hall–Kier alpha value is -0.370. The molecule has 0 saturated carbocycles. The number of hydrogen-bond donors (Lipinski definition) is 0. The van der Waals surface area contributed by atoms with Crippen LogP contribution in [0, 0.1) is 5.82 Å². The van der Waals surface area contributed by atoms with Gasteiger partial charge in [0.1, 0.15) is 5.82 Å². The molecule has 1 aromatic rings. The number of halogens is 2. The highest BCUT2D eigenvalue weighted by atomic mass is 79.9. The lowest BCUT2D eigenvalue weighted by Crippen LogP contribution is -2.16. The summed E-state index contributed by atoms with van der Waals surface area (Å²) in [7, 11) is 0. The molecule has 0 fully saturated rings. The summed E-state index contributed by atoms with van der Waals surface area (Å²) in [4.78, 5) is 0. The van der Waals surface area contributed by atoms with Crippen molar-refractivity contribution in [3.63, 3.8) is 0 Å². The fraction of sp³-hybridized carbons (Fsp3) is 0.500. The normalized spacial score (nSPS) is 11.8. The molecule has 0 N–H and O–H groups in total. The Kier molecular flexibility index (Phi) is 3.71. The maximum absolute atomic E-state index is 13.0. The summed E-state index contributed by atoms with van der Waals surface area (Å²) in [6.45, 7) is 6.55. The molecule has 0 spiro atoms. The standard InChI is InChI=1S/C12H16BrF/c1-4-7-12(2,3)9-5-6-11(14)10(13)8-9/h5-6,8H,4,7H2,1-3H3. The van der Waals surface area contributed by atoms with Gasteiger partial charge in [0.25, 0.3) is 0 Å². The van der Waals surface area contributed by atoms with Crippen LogP contribution in [0.2, 0.25) is 0 Å². The topological polar surface area (TPSA) is 0 Å². The predicted molar refractivity (Wildman–Crippen MR) is 62.0 cm³/mol. The molecule has 0 nitrogen and oxygen atoms in total. The quantitative estimate of drug-likeness (QED) is 0.740. The minimum absolute atomic E-state index is 0.130. The third-order valence-corrected chi connectivity index (χ3v) is 3.18. The first-order chi connectivity index (χ1) is 6.47. The lowest BCUT2D eigenvalue weighted by molar-refractivity contribution is 0.471. The Morgan fingerprint density at radius 2 is 2.00 bits per heavy atom. The van der Waals surface area contributed by atoms with Crippen molar-refractivity contribution >= 4 is 15.9 Å². The zero-order valence-corrected chi connectivity index (χ0v) is 10.5. The molecule has 0 saturated heterocycles. The van der Waals surface area contributed by atoms with Gasteiger partial charge in [0, 0.05) is 0 Å². The summed E-state index contributed by atoms with van der Waals surface area (Å²) in [6.07, 6.45) is 2.26. The van der Waals surface area contributed by atoms with E-state index in [9.17, 15) is 4.39 Å². The zero-order chi connectivity index (χ0) is 10.8. The molecule has 2 heteroatoms. The van der Waals surface area contributed by atoms with Gasteiger partial charge in [0.15, 0.2) is 0 Å². The molecule has 0 aliphatic rings. The van der Waals surface area contributed by atoms with Crippen LogP contribution in [0.1, 0.15) is 39.2 Å². The van der Waals surface area contributed by atoms with Crippen molar-refractivity contribution in [1.29, 1.82) is 0 Å². The number of rotatable bonds is 3. The molecule has 0 amide bonds. The lowest BCUT2D eigenvalue weighted by Gasteiger charge is -2.24. The van der Waals surface area contributed by atoms with Gasteiger partial charge in [0.2, 0.25) is 0 Å². The largest absolute Gasteiger partial charge is 0.206 e. The monoisotopic (exact) mass is 258 g/mol. The smallest absolute Gasteiger partial charge is 0.137 e. The van der Waals surface area contributed by atoms with Crippen molar-refractivity contribution in [3.05, 3.63) is 34.1 Å². The predicted octanol–water partition coefficient (Wildman–Crippen LogP) is 4.67. The Morgan fingerprint density at radius 1 is 1.36 bits per heavy atom. The molecule has 0 atom stereocenters. The van der Waals surface area contributed by atoms with Crippen molar-refractivity contribution in [2.45, 2.75) is 39.0 Å². The minimum Gasteiger partial charge on any atom is -0.206 e. The summed E-state index contributed by atoms with van der Waals surface area (Å²) in [5.41, 5.74) is 1.32. The molecule has 1 aromatic carbocycles. The van der Waals surface area contributed by atoms with E-state index in [2.05, 4.69) is 36.7 Å². The van der Waals surface area contributed by atoms with E-state index in [-0.39, 0.29) is 11.2 Å². The molecule has 78 valence electrons. The third-order valence-electron chi connectivity index (χ3n) is 2.58. The van der Waals surface area contributed by atoms with Gasteiger partial charge in [-0.05, 0) is 45.5 Å². The lowest BCUT2D eigenvalue weighted by atomic mass is 9.81. The van der Waals surface area contributed by atoms with Crippen LogP contribution in [0.25, 0.3) is 0 Å². The van der Waals surface area contributed by atoms with Crippen LogP contribution in [0.5, 0.6) is 0 Å². The Labute approximate surface area is 93.7 Å². The van der Waals surface area contributed by atoms with Crippen molar-refractivity contribution in [2.24, 2.45) is 0 Å². The first-order valence-corrected chi connectivity index (χ1v) is 5.72. The van der Waals surface area contributed by atoms with Crippen molar-refractivity contribution < 1.29 is 4.39 Å². The summed E-state index contributed by atoms with van der Waals surface area (Å²) < 4.78 is 13.6. The van der Waals surface area contributed by atoms with E-state index in [1.807, 2.05) is 12.1 Å². The van der Waals surface area contributed by atoms with Crippen molar-refractivity contribution in [3.8, 4) is 0 Å². The molecule has 1 rings (SSSR count). The second-order valence-corrected chi connectivity index (χ2v) is 5.12. The maximum atomic E-state index is 13.0. The van der Waals surface area contributed by atoms with Crippen molar-refractivity contribution in [2.75, 3.05) is 0 Å². The van der Waals surface area contributed by atoms with Crippen molar-refractivity contribution in [1.82, 2.24) is 0 Å². The van der Waals surface area contributed by atoms with Gasteiger partial charge in [-0.3, -0.25) is 0 Å². The second-order valence-electron chi connectivity index (χ2n) is 4.26. The average Bonchev–Trinajstić information content (AvgIpc) is 2.09. The Bertz CT molecular complexity index is 318. The van der Waals surface area contributed by atoms with Gasteiger partial charge < -0.3 is 0 Å². The molecular weight excluding hydrogens is 243 g/mol. The molecular formula is C12H16BrF. The van der Waals surface area contributed by atoms with Crippen LogP contribution in [0.15, 0.2) is 22.7 Å². The van der Waals surface area contributed by atoms with Crippen LogP contribution < -0.4 is 0 Å². The van der Waals surface area contributed by atoms with E-state index in [0.717, 1.165) is 12.8 Å². The molecule has 0 unspecified atom stereocenters. The SMILES string of the molecule is CCCC(C)(C)c1ccc(F)c(Br)c1. The Balaban J connectivity index is 3.01. The van der Waals surface area contributed by atoms with E-state index in [4.69, 9.17) is 0 Å². The fourth-order valence-corrected chi connectivity index (χ4v) is 2.07. The van der Waals surface area contributed by atoms with Crippen LogP contribution in [-0.4, -0.2) is 0 Å². The Morgan fingerprint density at radius 3 is 2.50 bits per heavy atom. The van der Waals surface area contributed by atoms with Gasteiger partial charge in [0.05, 0.1) is 4.47 Å². The van der Waals surface area contributed by atoms with E-state index in [0.29, 0.717) is 4.47 Å². The highest BCUT2D eigenvalue weighted by Crippen LogP contribution is 2.30. The highest BCUT2D eigenvalue weighted by molar-refractivity contribution is 9.10. The number of hydrogen-bond acceptors (Lipinski definition) is 0. The minimum atomic E-state index is -0.193. The fourth-order valence-electron chi connectivity index (χ4n) is 1.69. The van der Waals surface area contributed by atoms with E-state index < -0.39 is 0 Å². The molecule has 0 radical (unpaired) electrons. The van der Waals surface area contributed by atoms with Gasteiger partial charge in [-0.15, -0.1) is 0 Å². The van der Waals surface area contributed by atoms with Gasteiger partial charge in [-0.25, -0.2) is 4.39 Å². The van der Waals surface area contributed by atoms with Gasteiger partial charge in [-0.1, -0.05) is 33.3 Å². The summed E-state index contributed by atoms with van der Waals surface area (Å²) in [6, 6.07) is 5.28. The molecule has 0 bridgehead atoms. The molecule has 0 aromatic heterocycles. The average molecular weight is 259 g/mol. The number of benzene rings is 1. The molecule has 0 heterocycles. The summed E-state index contributed by atoms with van der Waals surface area (Å²) >= 11 is 3.21. The van der Waals surface area contributed by atoms with E-state index in [1.54, 1.807) is 0 Å². The van der Waals surface area contributed by atoms with Crippen LogP contribution in [0.3, 0.4) is 0 Å². The van der Waals surface area contributed by atoms with Crippen LogP contribution in [-0.2, 0) is 5.41 Å². The van der Waals surface area contributed by atoms with Crippen LogP contribution >= 0.6 is 15.9 Å². The first kappa shape index (κ1) is 11.7. The third kappa shape index (κ3) is 2.57. The maximum Gasteiger partial charge on any atom is 0.137 e. The highest BCUT2D eigenvalue weighted by Gasteiger charge is 2.19. The summed E-state index contributed by atoms with van der Waals surface area (Å²) in [5.74, 6) is -0.193. The summed E-state index contributed by atoms with van der Waals surface area (Å²) in [5, 5.41) is 0. The van der Waals surface area contributed by atoms with E-state index >= 15 is 0 Å². The van der Waals surface area contributed by atoms with E-state index in [1.165, 1.54) is 11.6 Å². The molecule has 0 aliphatic carbocycles. The van der Waals surface area contributed by atoms with Gasteiger partial charge >= 0.3 is 0 Å².